The predicted molar refractivity (Wildman–Crippen MR) is 71.3 cm³/mol. The van der Waals surface area contributed by atoms with E-state index in [0.717, 1.165) is 23.5 Å². The van der Waals surface area contributed by atoms with Crippen molar-refractivity contribution in [3.8, 4) is 0 Å². The highest BCUT2D eigenvalue weighted by Gasteiger charge is 2.15. The molecule has 1 aromatic carbocycles. The fourth-order valence-corrected chi connectivity index (χ4v) is 3.44. The maximum absolute atomic E-state index is 13.0. The Morgan fingerprint density at radius 1 is 1.21 bits per heavy atom. The Bertz CT molecular complexity index is 655. The molecule has 0 radical (unpaired) electrons. The molecule has 0 saturated heterocycles. The molecule has 2 nitrogen and oxygen atoms in total. The average Bonchev–Trinajstić information content (AvgIpc) is 2.79. The highest BCUT2D eigenvalue weighted by molar-refractivity contribution is 7.85. The lowest BCUT2D eigenvalue weighted by atomic mass is 10.3. The summed E-state index contributed by atoms with van der Waals surface area (Å²) in [6, 6.07) is 6.02. The molecule has 0 N–H and O–H groups in total. The molecule has 0 bridgehead atoms. The molecule has 7 heteroatoms. The fourth-order valence-electron chi connectivity index (χ4n) is 1.36. The molecule has 1 unspecified atom stereocenters. The number of ketones is 1. The lowest BCUT2D eigenvalue weighted by molar-refractivity contribution is 0.102. The molecule has 0 aliphatic carbocycles. The van der Waals surface area contributed by atoms with Crippen LogP contribution in [0.4, 0.5) is 8.78 Å². The summed E-state index contributed by atoms with van der Waals surface area (Å²) < 4.78 is 38.1. The Balaban J connectivity index is 2.12. The molecule has 1 aromatic heterocycles. The molecule has 19 heavy (non-hydrogen) atoms. The smallest absolute Gasteiger partial charge is 0.185 e. The van der Waals surface area contributed by atoms with Crippen LogP contribution in [0.15, 0.2) is 35.2 Å². The van der Waals surface area contributed by atoms with E-state index in [-0.39, 0.29) is 16.4 Å². The molecule has 2 rings (SSSR count). The molecule has 1 heterocycles. The van der Waals surface area contributed by atoms with Gasteiger partial charge in [0.25, 0.3) is 0 Å². The van der Waals surface area contributed by atoms with Gasteiger partial charge in [0, 0.05) is 4.90 Å². The lowest BCUT2D eigenvalue weighted by Gasteiger charge is -2.01. The monoisotopic (exact) mass is 320 g/mol. The van der Waals surface area contributed by atoms with Crippen molar-refractivity contribution < 1.29 is 17.8 Å². The zero-order chi connectivity index (χ0) is 14.0. The number of hydrogen-bond donors (Lipinski definition) is 0. The Kier molecular flexibility index (Phi) is 4.44. The first-order valence-electron chi connectivity index (χ1n) is 5.09. The molecule has 0 amide bonds. The van der Waals surface area contributed by atoms with Crippen LogP contribution < -0.4 is 0 Å². The van der Waals surface area contributed by atoms with Crippen molar-refractivity contribution in [1.82, 2.24) is 0 Å². The standard InChI is InChI=1S/C12H7ClF2O2S2/c13-12-4-3-11(18-12)10(16)6-19(17)7-1-2-8(14)9(15)5-7/h1-5H,6H2. The number of benzene rings is 1. The second-order valence-corrected chi connectivity index (χ2v) is 6.76. The Labute approximate surface area is 119 Å². The summed E-state index contributed by atoms with van der Waals surface area (Å²) in [5.41, 5.74) is 0. The van der Waals surface area contributed by atoms with Gasteiger partial charge in [-0.25, -0.2) is 8.78 Å². The normalized spacial score (nSPS) is 12.4. The lowest BCUT2D eigenvalue weighted by Crippen LogP contribution is -2.10. The molecule has 0 aliphatic rings. The third-order valence-corrected chi connectivity index (χ3v) is 4.84. The molecular weight excluding hydrogens is 314 g/mol. The number of thiophene rings is 1. The van der Waals surface area contributed by atoms with Crippen LogP contribution in [0.25, 0.3) is 0 Å². The van der Waals surface area contributed by atoms with Crippen LogP contribution in [0.2, 0.25) is 4.34 Å². The third-order valence-electron chi connectivity index (χ3n) is 2.26. The Hall–Kier alpha value is -1.11. The summed E-state index contributed by atoms with van der Waals surface area (Å²) in [5.74, 6) is -2.74. The van der Waals surface area contributed by atoms with E-state index in [1.807, 2.05) is 0 Å². The van der Waals surface area contributed by atoms with E-state index in [1.165, 1.54) is 12.1 Å². The van der Waals surface area contributed by atoms with Gasteiger partial charge in [-0.2, -0.15) is 0 Å². The minimum Gasteiger partial charge on any atom is -0.292 e. The fraction of sp³-hybridized carbons (Fsp3) is 0.0833. The second kappa shape index (κ2) is 5.90. The molecule has 2 aromatic rings. The van der Waals surface area contributed by atoms with Gasteiger partial charge in [0.2, 0.25) is 0 Å². The van der Waals surface area contributed by atoms with Gasteiger partial charge in [-0.15, -0.1) is 11.3 Å². The molecule has 100 valence electrons. The molecule has 0 spiro atoms. The van der Waals surface area contributed by atoms with Crippen molar-refractivity contribution in [2.24, 2.45) is 0 Å². The van der Waals surface area contributed by atoms with E-state index in [9.17, 15) is 17.8 Å². The van der Waals surface area contributed by atoms with Gasteiger partial charge in [0.15, 0.2) is 17.4 Å². The number of carbonyl (C=O) groups excluding carboxylic acids is 1. The van der Waals surface area contributed by atoms with E-state index in [0.29, 0.717) is 9.21 Å². The maximum Gasteiger partial charge on any atom is 0.185 e. The largest absolute Gasteiger partial charge is 0.292 e. The second-order valence-electron chi connectivity index (χ2n) is 3.59. The van der Waals surface area contributed by atoms with Crippen molar-refractivity contribution >= 4 is 39.5 Å². The van der Waals surface area contributed by atoms with Gasteiger partial charge in [0.05, 0.1) is 25.8 Å². The molecule has 0 fully saturated rings. The number of halogens is 3. The van der Waals surface area contributed by atoms with Crippen LogP contribution in [-0.2, 0) is 10.8 Å². The zero-order valence-corrected chi connectivity index (χ0v) is 11.7. The summed E-state index contributed by atoms with van der Waals surface area (Å²) in [4.78, 5) is 12.3. The van der Waals surface area contributed by atoms with Gasteiger partial charge in [-0.05, 0) is 30.3 Å². The van der Waals surface area contributed by atoms with Crippen molar-refractivity contribution in [1.29, 1.82) is 0 Å². The number of carbonyl (C=O) groups is 1. The van der Waals surface area contributed by atoms with Gasteiger partial charge >= 0.3 is 0 Å². The van der Waals surface area contributed by atoms with E-state index in [4.69, 9.17) is 11.6 Å². The molecule has 0 saturated carbocycles. The van der Waals surface area contributed by atoms with E-state index < -0.39 is 22.4 Å². The topological polar surface area (TPSA) is 34.1 Å². The van der Waals surface area contributed by atoms with E-state index in [1.54, 1.807) is 6.07 Å². The van der Waals surface area contributed by atoms with E-state index >= 15 is 0 Å². The number of hydrogen-bond acceptors (Lipinski definition) is 3. The van der Waals surface area contributed by atoms with Crippen LogP contribution in [0, 0.1) is 11.6 Å². The van der Waals surface area contributed by atoms with Crippen LogP contribution in [-0.4, -0.2) is 15.7 Å². The first-order chi connectivity index (χ1) is 8.97. The highest BCUT2D eigenvalue weighted by Crippen LogP contribution is 2.22. The molecular formula is C12H7ClF2O2S2. The quantitative estimate of drug-likeness (QED) is 0.805. The average molecular weight is 321 g/mol. The maximum atomic E-state index is 13.0. The third kappa shape index (κ3) is 3.46. The summed E-state index contributed by atoms with van der Waals surface area (Å²) >= 11 is 6.78. The van der Waals surface area contributed by atoms with Crippen LogP contribution in [0.1, 0.15) is 9.67 Å². The number of Topliss-reactive ketones (excluding diaryl/α,β-unsaturated/α-hetero) is 1. The Morgan fingerprint density at radius 2 is 1.95 bits per heavy atom. The Morgan fingerprint density at radius 3 is 2.53 bits per heavy atom. The predicted octanol–water partition coefficient (Wildman–Crippen LogP) is 3.67. The van der Waals surface area contributed by atoms with Crippen LogP contribution in [0.5, 0.6) is 0 Å². The van der Waals surface area contributed by atoms with Crippen molar-refractivity contribution in [2.75, 3.05) is 5.75 Å². The molecule has 1 atom stereocenters. The summed E-state index contributed by atoms with van der Waals surface area (Å²) in [7, 11) is -1.72. The van der Waals surface area contributed by atoms with E-state index in [2.05, 4.69) is 0 Å². The SMILES string of the molecule is O=C(CS(=O)c1ccc(F)c(F)c1)c1ccc(Cl)s1. The van der Waals surface area contributed by atoms with Gasteiger partial charge < -0.3 is 0 Å². The minimum atomic E-state index is -1.72. The van der Waals surface area contributed by atoms with Gasteiger partial charge in [-0.3, -0.25) is 9.00 Å². The summed E-state index contributed by atoms with van der Waals surface area (Å²) in [5, 5.41) is 0. The minimum absolute atomic E-state index is 0.0786. The zero-order valence-electron chi connectivity index (χ0n) is 9.36. The van der Waals surface area contributed by atoms with Crippen LogP contribution in [0.3, 0.4) is 0 Å². The number of rotatable bonds is 4. The van der Waals surface area contributed by atoms with Gasteiger partial charge in [0.1, 0.15) is 0 Å². The summed E-state index contributed by atoms with van der Waals surface area (Å²) in [6.07, 6.45) is 0. The van der Waals surface area contributed by atoms with Crippen LogP contribution >= 0.6 is 22.9 Å². The first-order valence-corrected chi connectivity index (χ1v) is 7.60. The highest BCUT2D eigenvalue weighted by atomic mass is 35.5. The first kappa shape index (κ1) is 14.3. The van der Waals surface area contributed by atoms with Crippen molar-refractivity contribution in [3.63, 3.8) is 0 Å². The van der Waals surface area contributed by atoms with Gasteiger partial charge in [-0.1, -0.05) is 11.6 Å². The van der Waals surface area contributed by atoms with Crippen molar-refractivity contribution in [2.45, 2.75) is 4.90 Å². The summed E-state index contributed by atoms with van der Waals surface area (Å²) in [6.45, 7) is 0. The molecule has 0 aliphatic heterocycles. The van der Waals surface area contributed by atoms with Crippen molar-refractivity contribution in [3.05, 3.63) is 51.2 Å².